The van der Waals surface area contributed by atoms with Crippen molar-refractivity contribution in [3.05, 3.63) is 89.2 Å². The normalized spacial score (nSPS) is 17.0. The number of aliphatic hydroxyl groups is 1. The second kappa shape index (κ2) is 7.69. The molecule has 4 heteroatoms. The number of aliphatic hydroxyl groups excluding tert-OH is 1. The maximum absolute atomic E-state index is 13.3. The Hall–Kier alpha value is -3.40. The van der Waals surface area contributed by atoms with Gasteiger partial charge in [0, 0.05) is 11.8 Å². The van der Waals surface area contributed by atoms with Crippen molar-refractivity contribution in [1.29, 1.82) is 0 Å². The molecule has 1 heterocycles. The van der Waals surface area contributed by atoms with E-state index in [4.69, 9.17) is 0 Å². The first-order valence-corrected chi connectivity index (χ1v) is 10.6. The van der Waals surface area contributed by atoms with Gasteiger partial charge in [-0.2, -0.15) is 0 Å². The van der Waals surface area contributed by atoms with Crippen LogP contribution in [0.4, 0.5) is 5.69 Å². The van der Waals surface area contributed by atoms with Gasteiger partial charge in [0.2, 0.25) is 0 Å². The summed E-state index contributed by atoms with van der Waals surface area (Å²) in [6.45, 7) is 8.16. The summed E-state index contributed by atoms with van der Waals surface area (Å²) in [4.78, 5) is 27.6. The topological polar surface area (TPSA) is 57.6 Å². The molecule has 0 spiro atoms. The van der Waals surface area contributed by atoms with Crippen LogP contribution in [0, 0.1) is 0 Å². The molecular weight excluding hydrogens is 386 g/mol. The maximum Gasteiger partial charge on any atom is 0.294 e. The van der Waals surface area contributed by atoms with Crippen molar-refractivity contribution in [3.8, 4) is 0 Å². The quantitative estimate of drug-likeness (QED) is 0.569. The molecule has 0 aliphatic carbocycles. The highest BCUT2D eigenvalue weighted by Crippen LogP contribution is 2.43. The van der Waals surface area contributed by atoms with Crippen molar-refractivity contribution in [2.75, 3.05) is 4.90 Å². The number of hydrogen-bond donors (Lipinski definition) is 1. The molecule has 3 aromatic rings. The van der Waals surface area contributed by atoms with Crippen molar-refractivity contribution < 1.29 is 14.7 Å². The number of carbonyl (C=O) groups excluding carboxylic acids is 2. The highest BCUT2D eigenvalue weighted by atomic mass is 16.3. The van der Waals surface area contributed by atoms with Crippen LogP contribution in [0.25, 0.3) is 10.8 Å². The molecule has 158 valence electrons. The maximum atomic E-state index is 13.3. The zero-order valence-electron chi connectivity index (χ0n) is 18.3. The molecule has 3 aromatic carbocycles. The van der Waals surface area contributed by atoms with Gasteiger partial charge < -0.3 is 5.11 Å². The van der Waals surface area contributed by atoms with E-state index in [1.165, 1.54) is 0 Å². The molecule has 1 aliphatic rings. The van der Waals surface area contributed by atoms with E-state index in [9.17, 15) is 14.7 Å². The summed E-state index contributed by atoms with van der Waals surface area (Å²) in [5, 5.41) is 12.6. The number of Topliss-reactive ketones (excluding diaryl/α,β-unsaturated/α-hetero) is 1. The lowest BCUT2D eigenvalue weighted by Crippen LogP contribution is -2.31. The molecule has 0 aromatic heterocycles. The van der Waals surface area contributed by atoms with Crippen LogP contribution in [0.2, 0.25) is 0 Å². The predicted molar refractivity (Wildman–Crippen MR) is 124 cm³/mol. The monoisotopic (exact) mass is 413 g/mol. The van der Waals surface area contributed by atoms with E-state index in [0.717, 1.165) is 21.9 Å². The van der Waals surface area contributed by atoms with Gasteiger partial charge in [0.05, 0.1) is 17.3 Å². The SMILES string of the molecule is CCC(=O)C1=C(O)C(=O)N(c2cccc3ccccc23)C1c1ccc(C(C)(C)C)cc1. The van der Waals surface area contributed by atoms with Crippen LogP contribution in [0.5, 0.6) is 0 Å². The van der Waals surface area contributed by atoms with Crippen molar-refractivity contribution in [2.24, 2.45) is 0 Å². The standard InChI is InChI=1S/C27H27NO3/c1-5-22(29)23-24(18-13-15-19(16-14-18)27(2,3)4)28(26(31)25(23)30)21-12-8-10-17-9-6-7-11-20(17)21/h6-16,24,30H,5H2,1-4H3. The molecule has 0 bridgehead atoms. The average molecular weight is 414 g/mol. The summed E-state index contributed by atoms with van der Waals surface area (Å²) in [5.74, 6) is -1.22. The Kier molecular flexibility index (Phi) is 5.18. The van der Waals surface area contributed by atoms with E-state index in [-0.39, 0.29) is 23.2 Å². The molecule has 0 radical (unpaired) electrons. The Bertz CT molecular complexity index is 1190. The number of amides is 1. The fraction of sp³-hybridized carbons (Fsp3) is 0.259. The lowest BCUT2D eigenvalue weighted by molar-refractivity contribution is -0.118. The number of anilines is 1. The van der Waals surface area contributed by atoms with E-state index in [0.29, 0.717) is 5.69 Å². The number of carbonyl (C=O) groups is 2. The number of nitrogens with zero attached hydrogens (tertiary/aromatic N) is 1. The molecule has 1 unspecified atom stereocenters. The molecule has 1 atom stereocenters. The van der Waals surface area contributed by atoms with Gasteiger partial charge in [-0.1, -0.05) is 88.4 Å². The van der Waals surface area contributed by atoms with Gasteiger partial charge in [0.1, 0.15) is 0 Å². The minimum Gasteiger partial charge on any atom is -0.503 e. The van der Waals surface area contributed by atoms with Crippen molar-refractivity contribution >= 4 is 28.2 Å². The minimum absolute atomic E-state index is 0.0145. The van der Waals surface area contributed by atoms with Crippen LogP contribution in [0.1, 0.15) is 51.3 Å². The van der Waals surface area contributed by atoms with E-state index < -0.39 is 17.7 Å². The average Bonchev–Trinajstić information content (AvgIpc) is 3.03. The number of ketones is 1. The highest BCUT2D eigenvalue weighted by molar-refractivity contribution is 6.18. The van der Waals surface area contributed by atoms with Crippen LogP contribution >= 0.6 is 0 Å². The minimum atomic E-state index is -0.667. The summed E-state index contributed by atoms with van der Waals surface area (Å²) in [5.41, 5.74) is 2.80. The Morgan fingerprint density at radius 1 is 0.968 bits per heavy atom. The van der Waals surface area contributed by atoms with Gasteiger partial charge >= 0.3 is 0 Å². The van der Waals surface area contributed by atoms with Crippen molar-refractivity contribution in [1.82, 2.24) is 0 Å². The zero-order valence-corrected chi connectivity index (χ0v) is 18.3. The summed E-state index contributed by atoms with van der Waals surface area (Å²) < 4.78 is 0. The van der Waals surface area contributed by atoms with E-state index in [1.807, 2.05) is 66.7 Å². The van der Waals surface area contributed by atoms with E-state index >= 15 is 0 Å². The van der Waals surface area contributed by atoms with Gasteiger partial charge in [-0.3, -0.25) is 14.5 Å². The molecule has 1 aliphatic heterocycles. The first-order chi connectivity index (χ1) is 14.7. The lowest BCUT2D eigenvalue weighted by atomic mass is 9.85. The van der Waals surface area contributed by atoms with Crippen molar-refractivity contribution in [3.63, 3.8) is 0 Å². The Balaban J connectivity index is 1.92. The number of hydrogen-bond acceptors (Lipinski definition) is 3. The summed E-state index contributed by atoms with van der Waals surface area (Å²) in [6, 6.07) is 20.9. The molecule has 4 nitrogen and oxygen atoms in total. The van der Waals surface area contributed by atoms with Crippen LogP contribution in [-0.2, 0) is 15.0 Å². The van der Waals surface area contributed by atoms with Crippen molar-refractivity contribution in [2.45, 2.75) is 45.6 Å². The van der Waals surface area contributed by atoms with E-state index in [2.05, 4.69) is 20.8 Å². The van der Waals surface area contributed by atoms with Crippen LogP contribution < -0.4 is 4.90 Å². The third-order valence-corrected chi connectivity index (χ3v) is 5.95. The second-order valence-corrected chi connectivity index (χ2v) is 8.99. The van der Waals surface area contributed by atoms with Gasteiger partial charge in [-0.25, -0.2) is 0 Å². The largest absolute Gasteiger partial charge is 0.503 e. The number of rotatable bonds is 4. The summed E-state index contributed by atoms with van der Waals surface area (Å²) in [7, 11) is 0. The number of fused-ring (bicyclic) bond motifs is 1. The smallest absolute Gasteiger partial charge is 0.294 e. The Labute approximate surface area is 182 Å². The highest BCUT2D eigenvalue weighted by Gasteiger charge is 2.44. The molecule has 31 heavy (non-hydrogen) atoms. The molecule has 0 saturated carbocycles. The molecule has 4 rings (SSSR count). The van der Waals surface area contributed by atoms with Crippen LogP contribution in [0.3, 0.4) is 0 Å². The van der Waals surface area contributed by atoms with Gasteiger partial charge in [0.15, 0.2) is 11.5 Å². The fourth-order valence-corrected chi connectivity index (χ4v) is 4.23. The lowest BCUT2D eigenvalue weighted by Gasteiger charge is -2.28. The third kappa shape index (κ3) is 3.52. The van der Waals surface area contributed by atoms with Gasteiger partial charge in [-0.05, 0) is 28.0 Å². The molecule has 0 saturated heterocycles. The predicted octanol–water partition coefficient (Wildman–Crippen LogP) is 6.02. The first-order valence-electron chi connectivity index (χ1n) is 10.6. The third-order valence-electron chi connectivity index (χ3n) is 5.95. The molecule has 1 amide bonds. The van der Waals surface area contributed by atoms with Gasteiger partial charge in [0.25, 0.3) is 5.91 Å². The first kappa shape index (κ1) is 20.9. The second-order valence-electron chi connectivity index (χ2n) is 8.99. The summed E-state index contributed by atoms with van der Waals surface area (Å²) >= 11 is 0. The Morgan fingerprint density at radius 3 is 2.26 bits per heavy atom. The number of benzene rings is 3. The van der Waals surface area contributed by atoms with E-state index in [1.54, 1.807) is 11.8 Å². The fourth-order valence-electron chi connectivity index (χ4n) is 4.23. The molecule has 0 fully saturated rings. The van der Waals surface area contributed by atoms with Crippen LogP contribution in [-0.4, -0.2) is 16.8 Å². The van der Waals surface area contributed by atoms with Crippen LogP contribution in [0.15, 0.2) is 78.1 Å². The molecular formula is C27H27NO3. The van der Waals surface area contributed by atoms with Gasteiger partial charge in [-0.15, -0.1) is 0 Å². The summed E-state index contributed by atoms with van der Waals surface area (Å²) in [6.07, 6.45) is 0.215. The Morgan fingerprint density at radius 2 is 1.61 bits per heavy atom. The zero-order chi connectivity index (χ0) is 22.3. The molecule has 1 N–H and O–H groups in total.